The quantitative estimate of drug-likeness (QED) is 0.498. The SMILES string of the molecule is CCOc1cc(C=NNc2nc(N)cs2)cc(Br)c1OC1CCCC1. The van der Waals surface area contributed by atoms with Gasteiger partial charge in [0.25, 0.3) is 0 Å². The number of hydrazone groups is 1. The molecule has 1 aliphatic rings. The molecule has 134 valence electrons. The van der Waals surface area contributed by atoms with Gasteiger partial charge in [-0.05, 0) is 66.2 Å². The van der Waals surface area contributed by atoms with Gasteiger partial charge in [0, 0.05) is 5.38 Å². The van der Waals surface area contributed by atoms with Crippen molar-refractivity contribution in [2.75, 3.05) is 17.8 Å². The summed E-state index contributed by atoms with van der Waals surface area (Å²) in [5.41, 5.74) is 9.35. The van der Waals surface area contributed by atoms with Crippen LogP contribution in [-0.2, 0) is 0 Å². The van der Waals surface area contributed by atoms with Crippen LogP contribution in [0.4, 0.5) is 10.9 Å². The number of nitrogens with two attached hydrogens (primary N) is 1. The summed E-state index contributed by atoms with van der Waals surface area (Å²) in [7, 11) is 0. The number of hydrogen-bond acceptors (Lipinski definition) is 7. The van der Waals surface area contributed by atoms with Gasteiger partial charge in [0.15, 0.2) is 11.5 Å². The van der Waals surface area contributed by atoms with Gasteiger partial charge in [0.2, 0.25) is 5.13 Å². The van der Waals surface area contributed by atoms with Crippen LogP contribution in [0.5, 0.6) is 11.5 Å². The second kappa shape index (κ2) is 8.53. The molecule has 25 heavy (non-hydrogen) atoms. The molecule has 1 saturated carbocycles. The number of halogens is 1. The number of benzene rings is 1. The van der Waals surface area contributed by atoms with E-state index < -0.39 is 0 Å². The number of thiazole rings is 1. The maximum atomic E-state index is 6.17. The third-order valence-electron chi connectivity index (χ3n) is 3.81. The molecule has 3 rings (SSSR count). The molecule has 1 aliphatic carbocycles. The highest BCUT2D eigenvalue weighted by Gasteiger charge is 2.20. The molecule has 0 saturated heterocycles. The van der Waals surface area contributed by atoms with Crippen LogP contribution in [0.25, 0.3) is 0 Å². The lowest BCUT2D eigenvalue weighted by atomic mass is 10.2. The van der Waals surface area contributed by atoms with Gasteiger partial charge in [-0.1, -0.05) is 0 Å². The van der Waals surface area contributed by atoms with Gasteiger partial charge in [-0.25, -0.2) is 4.98 Å². The molecule has 8 heteroatoms. The predicted molar refractivity (Wildman–Crippen MR) is 106 cm³/mol. The Kier molecular flexibility index (Phi) is 6.14. The molecule has 0 unspecified atom stereocenters. The van der Waals surface area contributed by atoms with Crippen LogP contribution in [0.3, 0.4) is 0 Å². The average Bonchev–Trinajstić information content (AvgIpc) is 3.23. The number of rotatable bonds is 7. The smallest absolute Gasteiger partial charge is 0.205 e. The van der Waals surface area contributed by atoms with Gasteiger partial charge in [0.1, 0.15) is 5.82 Å². The van der Waals surface area contributed by atoms with Crippen molar-refractivity contribution in [3.05, 3.63) is 27.5 Å². The van der Waals surface area contributed by atoms with Crippen LogP contribution in [0.2, 0.25) is 0 Å². The molecular weight excluding hydrogens is 404 g/mol. The molecule has 1 aromatic heterocycles. The molecule has 0 radical (unpaired) electrons. The Hall–Kier alpha value is -1.80. The minimum atomic E-state index is 0.270. The molecule has 0 aliphatic heterocycles. The van der Waals surface area contributed by atoms with Crippen molar-refractivity contribution >= 4 is 44.4 Å². The average molecular weight is 425 g/mol. The molecule has 0 atom stereocenters. The number of hydrogen-bond donors (Lipinski definition) is 2. The summed E-state index contributed by atoms with van der Waals surface area (Å²) in [6.07, 6.45) is 6.63. The van der Waals surface area contributed by atoms with E-state index in [1.807, 2.05) is 19.1 Å². The van der Waals surface area contributed by atoms with Crippen molar-refractivity contribution in [1.82, 2.24) is 4.98 Å². The van der Waals surface area contributed by atoms with Crippen molar-refractivity contribution in [3.8, 4) is 11.5 Å². The van der Waals surface area contributed by atoms with E-state index in [9.17, 15) is 0 Å². The highest BCUT2D eigenvalue weighted by molar-refractivity contribution is 9.10. The first-order valence-corrected chi connectivity index (χ1v) is 9.96. The molecule has 3 N–H and O–H groups in total. The lowest BCUT2D eigenvalue weighted by Crippen LogP contribution is -2.12. The van der Waals surface area contributed by atoms with Crippen LogP contribution in [0.1, 0.15) is 38.2 Å². The fourth-order valence-corrected chi connectivity index (χ4v) is 3.81. The normalized spacial score (nSPS) is 15.0. The van der Waals surface area contributed by atoms with Gasteiger partial charge in [0.05, 0.1) is 23.4 Å². The van der Waals surface area contributed by atoms with E-state index in [0.29, 0.717) is 17.6 Å². The minimum Gasteiger partial charge on any atom is -0.490 e. The standard InChI is InChI=1S/C17H21BrN4O2S/c1-2-23-14-8-11(9-20-22-17-21-15(19)10-25-17)7-13(18)16(14)24-12-5-3-4-6-12/h7-10,12H,2-6,19H2,1H3,(H,21,22). The second-order valence-electron chi connectivity index (χ2n) is 5.73. The molecule has 0 amide bonds. The molecule has 2 aromatic rings. The Labute approximate surface area is 159 Å². The Balaban J connectivity index is 1.75. The van der Waals surface area contributed by atoms with Gasteiger partial charge < -0.3 is 15.2 Å². The molecular formula is C17H21BrN4O2S. The van der Waals surface area contributed by atoms with E-state index in [1.54, 1.807) is 11.6 Å². The van der Waals surface area contributed by atoms with Crippen LogP contribution in [0, 0.1) is 0 Å². The zero-order valence-corrected chi connectivity index (χ0v) is 16.4. The van der Waals surface area contributed by atoms with E-state index in [1.165, 1.54) is 24.2 Å². The van der Waals surface area contributed by atoms with Crippen molar-refractivity contribution in [1.29, 1.82) is 0 Å². The Morgan fingerprint density at radius 1 is 1.44 bits per heavy atom. The largest absolute Gasteiger partial charge is 0.490 e. The molecule has 6 nitrogen and oxygen atoms in total. The van der Waals surface area contributed by atoms with Crippen LogP contribution < -0.4 is 20.6 Å². The number of nitrogen functional groups attached to an aromatic ring is 1. The van der Waals surface area contributed by atoms with Gasteiger partial charge in [-0.15, -0.1) is 11.3 Å². The summed E-state index contributed by atoms with van der Waals surface area (Å²) in [6.45, 7) is 2.53. The zero-order chi connectivity index (χ0) is 17.6. The third kappa shape index (κ3) is 4.85. The highest BCUT2D eigenvalue weighted by Crippen LogP contribution is 2.39. The van der Waals surface area contributed by atoms with E-state index >= 15 is 0 Å². The van der Waals surface area contributed by atoms with Crippen molar-refractivity contribution in [2.45, 2.75) is 38.7 Å². The lowest BCUT2D eigenvalue weighted by Gasteiger charge is -2.18. The van der Waals surface area contributed by atoms with E-state index in [4.69, 9.17) is 15.2 Å². The van der Waals surface area contributed by atoms with Gasteiger partial charge in [-0.2, -0.15) is 5.10 Å². The number of nitrogens with zero attached hydrogens (tertiary/aromatic N) is 2. The minimum absolute atomic E-state index is 0.270. The number of ether oxygens (including phenoxy) is 2. The first kappa shape index (κ1) is 18.0. The van der Waals surface area contributed by atoms with E-state index in [2.05, 4.69) is 31.4 Å². The van der Waals surface area contributed by atoms with E-state index in [0.717, 1.165) is 34.4 Å². The Morgan fingerprint density at radius 2 is 2.24 bits per heavy atom. The van der Waals surface area contributed by atoms with Crippen molar-refractivity contribution in [2.24, 2.45) is 5.10 Å². The molecule has 1 fully saturated rings. The number of aromatic nitrogens is 1. The second-order valence-corrected chi connectivity index (χ2v) is 7.45. The first-order valence-electron chi connectivity index (χ1n) is 8.28. The van der Waals surface area contributed by atoms with Crippen molar-refractivity contribution in [3.63, 3.8) is 0 Å². The maximum absolute atomic E-state index is 6.17. The molecule has 0 spiro atoms. The van der Waals surface area contributed by atoms with Crippen LogP contribution >= 0.6 is 27.3 Å². The monoisotopic (exact) mass is 424 g/mol. The first-order chi connectivity index (χ1) is 12.2. The summed E-state index contributed by atoms with van der Waals surface area (Å²) in [5.74, 6) is 1.98. The van der Waals surface area contributed by atoms with Gasteiger partial charge >= 0.3 is 0 Å². The Morgan fingerprint density at radius 3 is 2.92 bits per heavy atom. The van der Waals surface area contributed by atoms with Crippen LogP contribution in [0.15, 0.2) is 27.1 Å². The van der Waals surface area contributed by atoms with E-state index in [-0.39, 0.29) is 6.10 Å². The summed E-state index contributed by atoms with van der Waals surface area (Å²) in [4.78, 5) is 4.10. The topological polar surface area (TPSA) is 81.8 Å². The summed E-state index contributed by atoms with van der Waals surface area (Å²) in [5, 5.41) is 6.61. The lowest BCUT2D eigenvalue weighted by molar-refractivity contribution is 0.195. The molecule has 1 heterocycles. The Bertz CT molecular complexity index is 744. The van der Waals surface area contributed by atoms with Gasteiger partial charge in [-0.3, -0.25) is 5.43 Å². The highest BCUT2D eigenvalue weighted by atomic mass is 79.9. The third-order valence-corrected chi connectivity index (χ3v) is 5.17. The number of anilines is 2. The summed E-state index contributed by atoms with van der Waals surface area (Å²) >= 11 is 5.01. The fourth-order valence-electron chi connectivity index (χ4n) is 2.71. The number of nitrogens with one attached hydrogen (secondary N) is 1. The van der Waals surface area contributed by atoms with Crippen LogP contribution in [-0.4, -0.2) is 23.9 Å². The summed E-state index contributed by atoms with van der Waals surface area (Å²) in [6, 6.07) is 3.90. The predicted octanol–water partition coefficient (Wildman–Crippen LogP) is 4.65. The summed E-state index contributed by atoms with van der Waals surface area (Å²) < 4.78 is 12.8. The zero-order valence-electron chi connectivity index (χ0n) is 14.0. The maximum Gasteiger partial charge on any atom is 0.205 e. The molecule has 1 aromatic carbocycles. The van der Waals surface area contributed by atoms with Crippen molar-refractivity contribution < 1.29 is 9.47 Å². The fraction of sp³-hybridized carbons (Fsp3) is 0.412. The molecule has 0 bridgehead atoms.